The first-order chi connectivity index (χ1) is 46.6. The molecule has 0 aliphatic carbocycles. The summed E-state index contributed by atoms with van der Waals surface area (Å²) in [5.74, 6) is -2.50. The van der Waals surface area contributed by atoms with Crippen molar-refractivity contribution in [2.45, 2.75) is 87.4 Å². The van der Waals surface area contributed by atoms with Gasteiger partial charge in [-0.25, -0.2) is 28.7 Å². The fraction of sp³-hybridized carbons (Fsp3) is 0.545. The number of ether oxygens (including phenoxy) is 3. The van der Waals surface area contributed by atoms with Crippen LogP contribution in [0.25, 0.3) is 0 Å². The zero-order chi connectivity index (χ0) is 66.5. The van der Waals surface area contributed by atoms with Gasteiger partial charge in [0.05, 0.1) is 125 Å². The second-order valence-electron chi connectivity index (χ2n) is 23.6. The lowest BCUT2D eigenvalue weighted by Crippen LogP contribution is -2.43. The molecule has 2 aromatic carbocycles. The third kappa shape index (κ3) is 22.5. The van der Waals surface area contributed by atoms with Gasteiger partial charge in [0, 0.05) is 181 Å². The molecular formula is C66H96F2N18O3S6. The number of likely N-dealkylation sites (tertiary alicyclic amines) is 1. The van der Waals surface area contributed by atoms with E-state index in [4.69, 9.17) is 48.6 Å². The molecule has 0 bridgehead atoms. The topological polar surface area (TPSA) is 281 Å². The molecule has 0 radical (unpaired) electrons. The van der Waals surface area contributed by atoms with Gasteiger partial charge in [-0.05, 0) is 41.5 Å². The molecule has 518 valence electrons. The molecule has 6 atom stereocenters. The average Bonchev–Trinajstić information content (AvgIpc) is 1.57. The molecule has 8 aromatic rings. The van der Waals surface area contributed by atoms with Crippen LogP contribution in [0, 0.1) is 0 Å². The average molecular weight is 1420 g/mol. The number of morpholine rings is 2. The molecule has 4 saturated heterocycles. The summed E-state index contributed by atoms with van der Waals surface area (Å²) >= 11 is 9.77. The van der Waals surface area contributed by atoms with Crippen molar-refractivity contribution < 1.29 is 23.0 Å². The fourth-order valence-electron chi connectivity index (χ4n) is 12.6. The van der Waals surface area contributed by atoms with Crippen molar-refractivity contribution in [2.24, 2.45) is 34.4 Å². The number of hydrogen-bond donors (Lipinski definition) is 6. The lowest BCUT2D eigenvalue weighted by Gasteiger charge is -2.36. The van der Waals surface area contributed by atoms with E-state index in [1.807, 2.05) is 50.2 Å². The highest BCUT2D eigenvalue weighted by molar-refractivity contribution is 7.10. The number of rotatable bonds is 18. The summed E-state index contributed by atoms with van der Waals surface area (Å²) in [6.45, 7) is 19.3. The van der Waals surface area contributed by atoms with E-state index in [0.717, 1.165) is 147 Å². The maximum Gasteiger partial charge on any atom is 0.250 e. The molecule has 0 amide bonds. The first kappa shape index (κ1) is 74.7. The van der Waals surface area contributed by atoms with Gasteiger partial charge >= 0.3 is 0 Å². The van der Waals surface area contributed by atoms with Crippen LogP contribution in [0.15, 0.2) is 116 Å². The third-order valence-electron chi connectivity index (χ3n) is 17.9. The van der Waals surface area contributed by atoms with Gasteiger partial charge in [-0.1, -0.05) is 48.5 Å². The van der Waals surface area contributed by atoms with E-state index < -0.39 is 5.92 Å². The minimum Gasteiger partial charge on any atom is -0.380 e. The molecule has 14 rings (SSSR count). The van der Waals surface area contributed by atoms with Gasteiger partial charge in [-0.3, -0.25) is 39.4 Å². The quantitative estimate of drug-likeness (QED) is 0.0473. The number of aromatic nitrogens is 6. The Kier molecular flexibility index (Phi) is 31.9. The molecule has 6 aliphatic rings. The van der Waals surface area contributed by atoms with Crippen LogP contribution in [-0.2, 0) is 40.1 Å². The Labute approximate surface area is 582 Å². The van der Waals surface area contributed by atoms with E-state index in [-0.39, 0.29) is 37.0 Å². The molecule has 12 N–H and O–H groups in total. The van der Waals surface area contributed by atoms with Crippen molar-refractivity contribution in [3.63, 3.8) is 0 Å². The largest absolute Gasteiger partial charge is 0.380 e. The molecule has 6 aliphatic heterocycles. The van der Waals surface area contributed by atoms with Gasteiger partial charge in [-0.2, -0.15) is 0 Å². The van der Waals surface area contributed by atoms with Crippen molar-refractivity contribution in [2.75, 3.05) is 144 Å². The van der Waals surface area contributed by atoms with Crippen molar-refractivity contribution in [3.8, 4) is 0 Å². The van der Waals surface area contributed by atoms with Crippen LogP contribution in [0.2, 0.25) is 0 Å². The lowest BCUT2D eigenvalue weighted by molar-refractivity contribution is -0.0630. The molecule has 0 saturated carbocycles. The number of thiazole rings is 6. The van der Waals surface area contributed by atoms with Gasteiger partial charge < -0.3 is 48.6 Å². The second kappa shape index (κ2) is 40.5. The zero-order valence-electron chi connectivity index (χ0n) is 54.3. The van der Waals surface area contributed by atoms with Crippen molar-refractivity contribution >= 4 is 68.0 Å². The highest BCUT2D eigenvalue weighted by Crippen LogP contribution is 2.34. The highest BCUT2D eigenvalue weighted by atomic mass is 32.1. The summed E-state index contributed by atoms with van der Waals surface area (Å²) < 4.78 is 42.1. The van der Waals surface area contributed by atoms with E-state index >= 15 is 0 Å². The summed E-state index contributed by atoms with van der Waals surface area (Å²) in [4.78, 5) is 42.1. The maximum absolute atomic E-state index is 13.0. The predicted molar refractivity (Wildman–Crippen MR) is 382 cm³/mol. The van der Waals surface area contributed by atoms with Crippen molar-refractivity contribution in [1.82, 2.24) is 59.3 Å². The molecule has 12 heterocycles. The molecule has 6 unspecified atom stereocenters. The Balaban J connectivity index is 0.000000134. The Bertz CT molecular complexity index is 3070. The van der Waals surface area contributed by atoms with Crippen molar-refractivity contribution in [1.29, 1.82) is 0 Å². The fourth-order valence-corrected chi connectivity index (χ4v) is 16.6. The second-order valence-corrected chi connectivity index (χ2v) is 28.3. The predicted octanol–water partition coefficient (Wildman–Crippen LogP) is 8.09. The molecule has 95 heavy (non-hydrogen) atoms. The summed E-state index contributed by atoms with van der Waals surface area (Å²) in [5.41, 5.74) is 56.1. The van der Waals surface area contributed by atoms with E-state index in [2.05, 4.69) is 119 Å². The number of benzene rings is 2. The number of halogens is 2. The monoisotopic (exact) mass is 1420 g/mol. The first-order valence-corrected chi connectivity index (χ1v) is 38.3. The molecule has 29 heteroatoms. The van der Waals surface area contributed by atoms with Gasteiger partial charge in [0.25, 0.3) is 5.92 Å². The SMILES string of the molecule is NCC(c1cncs1)N1CCOCC1.NCC(c1cncs1)N1CCc2ccccc2C1.NCC(c1cscn1)N1CCC(F)(F)CC1.NCC(c1cscn1)N1CCCOCC1.NCC(c1cscn1)N1CCOCC1.NCC(c1cscn1)N1CCc2ccccc2C1. The van der Waals surface area contributed by atoms with Crippen LogP contribution >= 0.6 is 68.0 Å². The van der Waals surface area contributed by atoms with E-state index in [1.54, 1.807) is 62.2 Å². The highest BCUT2D eigenvalue weighted by Gasteiger charge is 2.37. The summed E-state index contributed by atoms with van der Waals surface area (Å²) in [7, 11) is 0. The molecule has 21 nitrogen and oxygen atoms in total. The van der Waals surface area contributed by atoms with E-state index in [1.165, 1.54) is 43.3 Å². The Morgan fingerprint density at radius 1 is 0.389 bits per heavy atom. The van der Waals surface area contributed by atoms with Crippen LogP contribution in [0.3, 0.4) is 0 Å². The number of alkyl halides is 2. The third-order valence-corrected chi connectivity index (χ3v) is 22.1. The van der Waals surface area contributed by atoms with Gasteiger partial charge in [0.2, 0.25) is 0 Å². The van der Waals surface area contributed by atoms with Crippen molar-refractivity contribution in [3.05, 3.63) is 170 Å². The number of fused-ring (bicyclic) bond motifs is 2. The smallest absolute Gasteiger partial charge is 0.250 e. The van der Waals surface area contributed by atoms with Gasteiger partial charge in [-0.15, -0.1) is 68.0 Å². The minimum atomic E-state index is -2.50. The lowest BCUT2D eigenvalue weighted by atomic mass is 9.98. The number of nitrogens with zero attached hydrogens (tertiary/aromatic N) is 12. The molecule has 0 spiro atoms. The standard InChI is InChI=1S/2C14H17N3S.C10H15F2N3S.C10H17N3OS.2C9H15N3OS/c15-7-13(14-8-16-10-18-14)17-6-5-11-3-1-2-4-12(11)9-17;15-7-14(13-9-18-10-16-13)17-6-5-11-3-1-2-4-12(11)8-17;11-10(12)1-3-15(4-2-10)9(5-13)8-6-16-7-14-8;11-6-10(9-7-15-8-12-9)13-2-1-4-14-5-3-13;10-5-9(8-6-14-7-11-8)12-1-3-13-4-2-12;10-5-8(9-6-11-7-14-9)12-1-3-13-4-2-12/h1-4,8,10,13H,5-7,9,15H2;1-4,9-10,14H,5-8,15H2;6-7,9H,1-5,13H2;7-8,10H,1-6,11H2;6-7,9H,1-5,10H2;6-8H,1-5,10H2. The van der Waals surface area contributed by atoms with Gasteiger partial charge in [0.1, 0.15) is 0 Å². The summed E-state index contributed by atoms with van der Waals surface area (Å²) in [5, 5.41) is 8.21. The number of hydrogen-bond acceptors (Lipinski definition) is 27. The van der Waals surface area contributed by atoms with Crippen LogP contribution in [0.4, 0.5) is 8.78 Å². The zero-order valence-corrected chi connectivity index (χ0v) is 59.2. The van der Waals surface area contributed by atoms with E-state index in [9.17, 15) is 8.78 Å². The van der Waals surface area contributed by atoms with Crippen LogP contribution < -0.4 is 34.4 Å². The maximum atomic E-state index is 13.0. The summed E-state index contributed by atoms with van der Waals surface area (Å²) in [6.07, 6.45) is 7.02. The minimum absolute atomic E-state index is 0.0117. The van der Waals surface area contributed by atoms with E-state index in [0.29, 0.717) is 64.4 Å². The Morgan fingerprint density at radius 2 is 0.716 bits per heavy atom. The normalized spacial score (nSPS) is 20.0. The van der Waals surface area contributed by atoms with Crippen LogP contribution in [0.1, 0.15) is 110 Å². The summed E-state index contributed by atoms with van der Waals surface area (Å²) in [6, 6.07) is 18.8. The number of piperidine rings is 1. The number of nitrogens with two attached hydrogens (primary N) is 6. The molecular weight excluding hydrogens is 1320 g/mol. The van der Waals surface area contributed by atoms with Gasteiger partial charge in [0.15, 0.2) is 0 Å². The van der Waals surface area contributed by atoms with Crippen LogP contribution in [-0.4, -0.2) is 210 Å². The Morgan fingerprint density at radius 3 is 1.07 bits per heavy atom. The Hall–Kier alpha value is -4.52. The molecule has 4 fully saturated rings. The first-order valence-electron chi connectivity index (χ1n) is 32.8. The molecule has 6 aromatic heterocycles. The van der Waals surface area contributed by atoms with Crippen LogP contribution in [0.5, 0.6) is 0 Å².